The first-order valence-corrected chi connectivity index (χ1v) is 3.87. The number of ether oxygens (including phenoxy) is 1. The van der Waals surface area contributed by atoms with E-state index in [0.717, 1.165) is 0 Å². The number of carbonyl (C=O) groups is 1. The van der Waals surface area contributed by atoms with Crippen LogP contribution in [0.1, 0.15) is 6.92 Å². The van der Waals surface area contributed by atoms with Gasteiger partial charge in [0.05, 0.1) is 6.61 Å². The van der Waals surface area contributed by atoms with Crippen LogP contribution in [0.3, 0.4) is 0 Å². The second-order valence-electron chi connectivity index (χ2n) is 1.27. The van der Waals surface area contributed by atoms with Crippen molar-refractivity contribution in [2.45, 2.75) is 6.92 Å². The fraction of sp³-hybridized carbons (Fsp3) is 0.667. The summed E-state index contributed by atoms with van der Waals surface area (Å²) >= 11 is 0. The van der Waals surface area contributed by atoms with Gasteiger partial charge in [-0.05, 0) is 6.92 Å². The van der Waals surface area contributed by atoms with Gasteiger partial charge in [-0.1, -0.05) is 0 Å². The zero-order chi connectivity index (χ0) is 7.49. The summed E-state index contributed by atoms with van der Waals surface area (Å²) in [6, 6.07) is 0. The van der Waals surface area contributed by atoms with E-state index in [0.29, 0.717) is 0 Å². The largest absolute Gasteiger partial charge is 0.545 e. The molecular formula is C3H8O5P+. The molecular weight excluding hydrogens is 147 g/mol. The third kappa shape index (κ3) is 3.37. The van der Waals surface area contributed by atoms with E-state index in [1.807, 2.05) is 0 Å². The van der Waals surface area contributed by atoms with Crippen LogP contribution in [0.15, 0.2) is 0 Å². The Kier molecular flexibility index (Phi) is 3.00. The summed E-state index contributed by atoms with van der Waals surface area (Å²) in [7, 11) is -4.38. The highest BCUT2D eigenvalue weighted by Crippen LogP contribution is 2.46. The van der Waals surface area contributed by atoms with Gasteiger partial charge in [-0.3, -0.25) is 0 Å². The van der Waals surface area contributed by atoms with Gasteiger partial charge < -0.3 is 4.74 Å². The molecule has 9 heavy (non-hydrogen) atoms. The lowest BCUT2D eigenvalue weighted by Gasteiger charge is -1.99. The Labute approximate surface area is 52.5 Å². The smallest absolute Gasteiger partial charge is 0.430 e. The van der Waals surface area contributed by atoms with Crippen molar-refractivity contribution in [3.63, 3.8) is 0 Å². The molecule has 0 saturated carbocycles. The maximum Gasteiger partial charge on any atom is 0.545 e. The van der Waals surface area contributed by atoms with Crippen LogP contribution in [0.4, 0.5) is 4.79 Å². The average molecular weight is 155 g/mol. The van der Waals surface area contributed by atoms with Crippen LogP contribution >= 0.6 is 7.94 Å². The summed E-state index contributed by atoms with van der Waals surface area (Å²) in [6.07, 6.45) is 0. The van der Waals surface area contributed by atoms with Gasteiger partial charge in [0.25, 0.3) is 0 Å². The Balaban J connectivity index is 3.74. The van der Waals surface area contributed by atoms with Gasteiger partial charge in [0, 0.05) is 0 Å². The predicted molar refractivity (Wildman–Crippen MR) is 30.6 cm³/mol. The van der Waals surface area contributed by atoms with E-state index >= 15 is 0 Å². The van der Waals surface area contributed by atoms with E-state index in [1.165, 1.54) is 6.92 Å². The number of rotatable bonds is 2. The first-order valence-electron chi connectivity index (χ1n) is 2.23. The minimum atomic E-state index is -4.38. The fourth-order valence-electron chi connectivity index (χ4n) is 0.210. The second kappa shape index (κ2) is 3.08. The molecule has 0 fully saturated rings. The number of hydrogen-bond acceptors (Lipinski definition) is 5. The number of carbonyl (C=O) groups excluding carboxylic acids is 1. The highest BCUT2D eigenvalue weighted by molar-refractivity contribution is 7.75. The Morgan fingerprint density at radius 1 is 1.56 bits per heavy atom. The van der Waals surface area contributed by atoms with Crippen molar-refractivity contribution in [1.82, 2.24) is 0 Å². The van der Waals surface area contributed by atoms with E-state index in [-0.39, 0.29) is 6.61 Å². The van der Waals surface area contributed by atoms with Crippen LogP contribution in [0.2, 0.25) is 0 Å². The van der Waals surface area contributed by atoms with Crippen molar-refractivity contribution in [2.24, 2.45) is 0 Å². The third-order valence-corrected chi connectivity index (χ3v) is 1.13. The summed E-state index contributed by atoms with van der Waals surface area (Å²) in [4.78, 5) is 34.6. The Morgan fingerprint density at radius 2 is 2.00 bits per heavy atom. The van der Waals surface area contributed by atoms with Gasteiger partial charge in [-0.25, -0.2) is 0 Å². The minimum absolute atomic E-state index is 0.0161. The van der Waals surface area contributed by atoms with Gasteiger partial charge >= 0.3 is 13.7 Å². The molecule has 0 bridgehead atoms. The zero-order valence-corrected chi connectivity index (χ0v) is 5.71. The summed E-state index contributed by atoms with van der Waals surface area (Å²) in [6.45, 7) is 1.51. The Bertz CT molecular complexity index is 105. The normalized spacial score (nSPS) is 11.1. The van der Waals surface area contributed by atoms with Gasteiger partial charge in [0.1, 0.15) is 0 Å². The fourth-order valence-corrected chi connectivity index (χ4v) is 0.512. The minimum Gasteiger partial charge on any atom is -0.430 e. The molecule has 3 N–H and O–H groups in total. The molecule has 5 nitrogen and oxygen atoms in total. The third-order valence-electron chi connectivity index (χ3n) is 0.513. The summed E-state index contributed by atoms with van der Waals surface area (Å²) in [5.74, 6) is 0. The molecule has 0 aliphatic rings. The van der Waals surface area contributed by atoms with Gasteiger partial charge in [0.2, 0.25) is 0 Å². The first kappa shape index (κ1) is 8.78. The van der Waals surface area contributed by atoms with Crippen molar-refractivity contribution in [3.8, 4) is 0 Å². The van der Waals surface area contributed by atoms with Crippen molar-refractivity contribution in [1.29, 1.82) is 0 Å². The van der Waals surface area contributed by atoms with Crippen molar-refractivity contribution in [3.05, 3.63) is 0 Å². The Hall–Kier alpha value is -0.220. The van der Waals surface area contributed by atoms with Crippen LogP contribution in [0, 0.1) is 0 Å². The number of hydrogen-bond donors (Lipinski definition) is 3. The van der Waals surface area contributed by atoms with Crippen molar-refractivity contribution < 1.29 is 24.2 Å². The molecule has 0 aromatic rings. The molecule has 6 heteroatoms. The maximum atomic E-state index is 10.1. The zero-order valence-electron chi connectivity index (χ0n) is 4.81. The lowest BCUT2D eigenvalue weighted by molar-refractivity contribution is 0.164. The summed E-state index contributed by atoms with van der Waals surface area (Å²) < 4.78 is 4.07. The second-order valence-corrected chi connectivity index (χ2v) is 2.77. The van der Waals surface area contributed by atoms with Crippen molar-refractivity contribution >= 4 is 13.7 Å². The van der Waals surface area contributed by atoms with Gasteiger partial charge in [-0.2, -0.15) is 19.5 Å². The molecule has 0 aliphatic heterocycles. The lowest BCUT2D eigenvalue weighted by atomic mass is 10.9. The molecule has 0 radical (unpaired) electrons. The molecule has 0 saturated heterocycles. The van der Waals surface area contributed by atoms with E-state index < -0.39 is 13.7 Å². The molecule has 54 valence electrons. The van der Waals surface area contributed by atoms with Gasteiger partial charge in [-0.15, -0.1) is 0 Å². The van der Waals surface area contributed by atoms with E-state index in [1.54, 1.807) is 0 Å². The maximum absolute atomic E-state index is 10.1. The average Bonchev–Trinajstić information content (AvgIpc) is 1.64. The van der Waals surface area contributed by atoms with Crippen LogP contribution in [-0.2, 0) is 4.74 Å². The molecule has 0 aromatic heterocycles. The molecule has 0 atom stereocenters. The van der Waals surface area contributed by atoms with Gasteiger partial charge in [0.15, 0.2) is 0 Å². The first-order chi connectivity index (χ1) is 3.98. The molecule has 0 amide bonds. The summed E-state index contributed by atoms with van der Waals surface area (Å²) in [5.41, 5.74) is -1.36. The van der Waals surface area contributed by atoms with Crippen LogP contribution in [-0.4, -0.2) is 27.0 Å². The molecule has 0 aliphatic carbocycles. The predicted octanol–water partition coefficient (Wildman–Crippen LogP) is -0.118. The molecule has 0 rings (SSSR count). The lowest BCUT2D eigenvalue weighted by Crippen LogP contribution is -2.06. The monoisotopic (exact) mass is 155 g/mol. The molecule has 0 heterocycles. The van der Waals surface area contributed by atoms with Crippen LogP contribution in [0.5, 0.6) is 0 Å². The molecule has 0 unspecified atom stereocenters. The summed E-state index contributed by atoms with van der Waals surface area (Å²) in [5, 5.41) is 0. The van der Waals surface area contributed by atoms with Crippen molar-refractivity contribution in [2.75, 3.05) is 6.61 Å². The van der Waals surface area contributed by atoms with E-state index in [4.69, 9.17) is 14.7 Å². The van der Waals surface area contributed by atoms with E-state index in [2.05, 4.69) is 4.74 Å². The highest BCUT2D eigenvalue weighted by atomic mass is 31.2. The SMILES string of the molecule is CCOC(=O)[P+](O)(O)O. The van der Waals surface area contributed by atoms with Crippen LogP contribution < -0.4 is 0 Å². The standard InChI is InChI=1S/C3H8O5P/c1-2-8-3(4)9(5,6)7/h5-7H,2H2,1H3/q+1. The van der Waals surface area contributed by atoms with Crippen LogP contribution in [0.25, 0.3) is 0 Å². The van der Waals surface area contributed by atoms with E-state index in [9.17, 15) is 4.79 Å². The highest BCUT2D eigenvalue weighted by Gasteiger charge is 2.45. The molecule has 0 spiro atoms. The Morgan fingerprint density at radius 3 is 2.11 bits per heavy atom. The quantitative estimate of drug-likeness (QED) is 0.484. The molecule has 0 aromatic carbocycles. The topological polar surface area (TPSA) is 87.0 Å².